The van der Waals surface area contributed by atoms with E-state index in [2.05, 4.69) is 15.3 Å². The molecule has 0 saturated carbocycles. The summed E-state index contributed by atoms with van der Waals surface area (Å²) in [6.07, 6.45) is 1.72. The summed E-state index contributed by atoms with van der Waals surface area (Å²) in [5.74, 6) is 0.687. The van der Waals surface area contributed by atoms with Gasteiger partial charge in [0.25, 0.3) is 0 Å². The Hall–Kier alpha value is -1.65. The van der Waals surface area contributed by atoms with E-state index in [0.717, 1.165) is 17.0 Å². The molecular weight excluding hydrogens is 274 g/mol. The Bertz CT molecular complexity index is 614. The van der Waals surface area contributed by atoms with Crippen LogP contribution in [0, 0.1) is 13.8 Å². The molecule has 2 rings (SSSR count). The first-order valence-corrected chi connectivity index (χ1v) is 6.79. The van der Waals surface area contributed by atoms with Crippen LogP contribution in [0.4, 0.5) is 5.82 Å². The number of hydrogen-bond donors (Lipinski definition) is 2. The van der Waals surface area contributed by atoms with Gasteiger partial charge in [-0.2, -0.15) is 0 Å². The van der Waals surface area contributed by atoms with Crippen LogP contribution in [0.15, 0.2) is 30.5 Å². The molecule has 1 unspecified atom stereocenters. The zero-order chi connectivity index (χ0) is 14.8. The number of halogens is 1. The van der Waals surface area contributed by atoms with Crippen molar-refractivity contribution in [2.75, 3.05) is 11.9 Å². The van der Waals surface area contributed by atoms with Crippen molar-refractivity contribution in [1.29, 1.82) is 0 Å². The van der Waals surface area contributed by atoms with E-state index in [1.807, 2.05) is 26.0 Å². The topological polar surface area (TPSA) is 58.0 Å². The van der Waals surface area contributed by atoms with Crippen LogP contribution in [0.2, 0.25) is 5.02 Å². The van der Waals surface area contributed by atoms with Crippen LogP contribution in [-0.2, 0) is 5.60 Å². The number of aromatic nitrogens is 2. The van der Waals surface area contributed by atoms with Gasteiger partial charge in [-0.25, -0.2) is 4.98 Å². The number of benzene rings is 1. The molecule has 20 heavy (non-hydrogen) atoms. The molecule has 2 aromatic rings. The summed E-state index contributed by atoms with van der Waals surface area (Å²) in [7, 11) is 0. The van der Waals surface area contributed by atoms with Gasteiger partial charge in [0, 0.05) is 17.8 Å². The van der Waals surface area contributed by atoms with E-state index in [-0.39, 0.29) is 0 Å². The van der Waals surface area contributed by atoms with E-state index < -0.39 is 5.60 Å². The van der Waals surface area contributed by atoms with Gasteiger partial charge in [0.05, 0.1) is 11.4 Å². The molecule has 0 amide bonds. The Morgan fingerprint density at radius 1 is 1.35 bits per heavy atom. The van der Waals surface area contributed by atoms with E-state index in [1.165, 1.54) is 0 Å². The maximum Gasteiger partial charge on any atom is 0.147 e. The highest BCUT2D eigenvalue weighted by Crippen LogP contribution is 2.24. The van der Waals surface area contributed by atoms with Gasteiger partial charge < -0.3 is 10.4 Å². The first-order chi connectivity index (χ1) is 9.38. The molecule has 1 aromatic carbocycles. The summed E-state index contributed by atoms with van der Waals surface area (Å²) in [4.78, 5) is 8.61. The average molecular weight is 292 g/mol. The van der Waals surface area contributed by atoms with Crippen molar-refractivity contribution in [2.24, 2.45) is 0 Å². The number of nitrogens with one attached hydrogen (secondary N) is 1. The van der Waals surface area contributed by atoms with Crippen molar-refractivity contribution in [3.63, 3.8) is 0 Å². The molecular formula is C15H18ClN3O. The SMILES string of the molecule is Cc1cnc(C)c(NCC(C)(O)c2cccc(Cl)c2)n1. The molecule has 2 N–H and O–H groups in total. The van der Waals surface area contributed by atoms with E-state index in [9.17, 15) is 5.11 Å². The fourth-order valence-corrected chi connectivity index (χ4v) is 2.08. The summed E-state index contributed by atoms with van der Waals surface area (Å²) < 4.78 is 0. The lowest BCUT2D eigenvalue weighted by atomic mass is 9.96. The lowest BCUT2D eigenvalue weighted by Gasteiger charge is -2.25. The molecule has 0 aliphatic rings. The zero-order valence-corrected chi connectivity index (χ0v) is 12.6. The Labute approximate surface area is 123 Å². The summed E-state index contributed by atoms with van der Waals surface area (Å²) in [6.45, 7) is 5.83. The van der Waals surface area contributed by atoms with E-state index in [0.29, 0.717) is 17.4 Å². The Kier molecular flexibility index (Phi) is 4.26. The fourth-order valence-electron chi connectivity index (χ4n) is 1.89. The minimum Gasteiger partial charge on any atom is -0.384 e. The molecule has 1 atom stereocenters. The zero-order valence-electron chi connectivity index (χ0n) is 11.8. The maximum absolute atomic E-state index is 10.6. The standard InChI is InChI=1S/C15H18ClN3O/c1-10-8-17-11(2)14(19-10)18-9-15(3,20)12-5-4-6-13(16)7-12/h4-8,20H,9H2,1-3H3,(H,18,19). The lowest BCUT2D eigenvalue weighted by molar-refractivity contribution is 0.0714. The first kappa shape index (κ1) is 14.8. The van der Waals surface area contributed by atoms with Crippen LogP contribution in [0.3, 0.4) is 0 Å². The summed E-state index contributed by atoms with van der Waals surface area (Å²) in [5, 5.41) is 14.3. The molecule has 0 fully saturated rings. The van der Waals surface area contributed by atoms with Gasteiger partial charge in [0.1, 0.15) is 11.4 Å². The van der Waals surface area contributed by atoms with E-state index in [4.69, 9.17) is 11.6 Å². The smallest absolute Gasteiger partial charge is 0.147 e. The van der Waals surface area contributed by atoms with Crippen LogP contribution < -0.4 is 5.32 Å². The maximum atomic E-state index is 10.6. The minimum absolute atomic E-state index is 0.326. The number of aliphatic hydroxyl groups is 1. The third-order valence-electron chi connectivity index (χ3n) is 3.12. The van der Waals surface area contributed by atoms with Crippen LogP contribution in [0.25, 0.3) is 0 Å². The van der Waals surface area contributed by atoms with Gasteiger partial charge in [-0.15, -0.1) is 0 Å². The number of aryl methyl sites for hydroxylation is 2. The van der Waals surface area contributed by atoms with Crippen molar-refractivity contribution in [3.05, 3.63) is 52.4 Å². The second kappa shape index (κ2) is 5.77. The molecule has 0 aliphatic carbocycles. The van der Waals surface area contributed by atoms with Crippen LogP contribution in [0.1, 0.15) is 23.9 Å². The molecule has 106 valence electrons. The van der Waals surface area contributed by atoms with Gasteiger partial charge >= 0.3 is 0 Å². The van der Waals surface area contributed by atoms with Crippen LogP contribution in [-0.4, -0.2) is 21.6 Å². The van der Waals surface area contributed by atoms with Gasteiger partial charge in [-0.1, -0.05) is 23.7 Å². The second-order valence-electron chi connectivity index (χ2n) is 5.08. The molecule has 0 spiro atoms. The summed E-state index contributed by atoms with van der Waals surface area (Å²) >= 11 is 5.96. The predicted octanol–water partition coefficient (Wildman–Crippen LogP) is 3.07. The minimum atomic E-state index is -1.04. The number of nitrogens with zero attached hydrogens (tertiary/aromatic N) is 2. The van der Waals surface area contributed by atoms with Gasteiger partial charge in [-0.05, 0) is 38.5 Å². The van der Waals surface area contributed by atoms with Gasteiger partial charge in [0.15, 0.2) is 0 Å². The predicted molar refractivity (Wildman–Crippen MR) is 81.0 cm³/mol. The fraction of sp³-hybridized carbons (Fsp3) is 0.333. The number of rotatable bonds is 4. The number of hydrogen-bond acceptors (Lipinski definition) is 4. The Balaban J connectivity index is 2.14. The highest BCUT2D eigenvalue weighted by atomic mass is 35.5. The van der Waals surface area contributed by atoms with Crippen LogP contribution >= 0.6 is 11.6 Å². The Morgan fingerprint density at radius 2 is 2.10 bits per heavy atom. The third kappa shape index (κ3) is 3.46. The summed E-state index contributed by atoms with van der Waals surface area (Å²) in [5.41, 5.74) is 1.36. The molecule has 0 aliphatic heterocycles. The van der Waals surface area contributed by atoms with E-state index >= 15 is 0 Å². The second-order valence-corrected chi connectivity index (χ2v) is 5.52. The molecule has 5 heteroatoms. The lowest BCUT2D eigenvalue weighted by Crippen LogP contribution is -2.31. The highest BCUT2D eigenvalue weighted by Gasteiger charge is 2.23. The molecule has 0 saturated heterocycles. The highest BCUT2D eigenvalue weighted by molar-refractivity contribution is 6.30. The third-order valence-corrected chi connectivity index (χ3v) is 3.36. The number of anilines is 1. The van der Waals surface area contributed by atoms with Gasteiger partial charge in [0.2, 0.25) is 0 Å². The Morgan fingerprint density at radius 3 is 2.80 bits per heavy atom. The summed E-state index contributed by atoms with van der Waals surface area (Å²) in [6, 6.07) is 7.22. The largest absolute Gasteiger partial charge is 0.384 e. The molecule has 1 heterocycles. The molecule has 1 aromatic heterocycles. The van der Waals surface area contributed by atoms with Crippen molar-refractivity contribution in [1.82, 2.24) is 9.97 Å². The molecule has 0 bridgehead atoms. The van der Waals surface area contributed by atoms with Crippen molar-refractivity contribution in [3.8, 4) is 0 Å². The molecule has 4 nitrogen and oxygen atoms in total. The van der Waals surface area contributed by atoms with Crippen molar-refractivity contribution >= 4 is 17.4 Å². The quantitative estimate of drug-likeness (QED) is 0.909. The van der Waals surface area contributed by atoms with Crippen molar-refractivity contribution in [2.45, 2.75) is 26.4 Å². The molecule has 0 radical (unpaired) electrons. The van der Waals surface area contributed by atoms with Crippen molar-refractivity contribution < 1.29 is 5.11 Å². The normalized spacial score (nSPS) is 13.8. The first-order valence-electron chi connectivity index (χ1n) is 6.41. The van der Waals surface area contributed by atoms with Crippen LogP contribution in [0.5, 0.6) is 0 Å². The average Bonchev–Trinajstić information content (AvgIpc) is 2.40. The van der Waals surface area contributed by atoms with Gasteiger partial charge in [-0.3, -0.25) is 4.98 Å². The van der Waals surface area contributed by atoms with E-state index in [1.54, 1.807) is 25.3 Å². The monoisotopic (exact) mass is 291 g/mol.